The molecule has 188 valence electrons. The zero-order valence-electron chi connectivity index (χ0n) is 20.5. The van der Waals surface area contributed by atoms with Crippen LogP contribution >= 0.6 is 11.3 Å². The van der Waals surface area contributed by atoms with Gasteiger partial charge in [0.15, 0.2) is 0 Å². The Morgan fingerprint density at radius 3 is 2.53 bits per heavy atom. The maximum atomic E-state index is 13.5. The zero-order chi connectivity index (χ0) is 25.7. The standard InChI is InChI=1S/C27H29N3O5S/c1-4-35-21-10-8-19(9-11-21)28-25(31)17-23-26(32)30(20-6-5-7-22(16-20)34-3)27(33)29(23)14-12-24-18(2)13-15-36-24/h5-11,13,15-16,23H,4,12,14,17H2,1-3H3,(H,28,31)/t23-/m0/s1. The summed E-state index contributed by atoms with van der Waals surface area (Å²) < 4.78 is 10.7. The SMILES string of the molecule is CCOc1ccc(NC(=O)C[C@H]2C(=O)N(c3cccc(OC)c3)C(=O)N2CCc2sccc2C)cc1. The van der Waals surface area contributed by atoms with Gasteiger partial charge in [-0.05, 0) is 73.7 Å². The number of ether oxygens (including phenoxy) is 2. The number of imide groups is 1. The fourth-order valence-electron chi connectivity index (χ4n) is 4.15. The third kappa shape index (κ3) is 5.52. The molecule has 4 amide bonds. The molecular weight excluding hydrogens is 478 g/mol. The number of urea groups is 1. The van der Waals surface area contributed by atoms with E-state index in [0.717, 1.165) is 15.3 Å². The van der Waals surface area contributed by atoms with Crippen LogP contribution in [0, 0.1) is 6.92 Å². The van der Waals surface area contributed by atoms with E-state index in [1.165, 1.54) is 12.0 Å². The highest BCUT2D eigenvalue weighted by molar-refractivity contribution is 7.10. The number of aryl methyl sites for hydroxylation is 1. The zero-order valence-corrected chi connectivity index (χ0v) is 21.3. The molecule has 0 saturated carbocycles. The van der Waals surface area contributed by atoms with Crippen molar-refractivity contribution in [2.45, 2.75) is 32.7 Å². The van der Waals surface area contributed by atoms with Crippen LogP contribution in [0.15, 0.2) is 60.0 Å². The number of benzene rings is 2. The van der Waals surface area contributed by atoms with Crippen LogP contribution in [0.1, 0.15) is 23.8 Å². The van der Waals surface area contributed by atoms with Gasteiger partial charge in [0.25, 0.3) is 5.91 Å². The van der Waals surface area contributed by atoms with Gasteiger partial charge in [0.2, 0.25) is 5.91 Å². The summed E-state index contributed by atoms with van der Waals surface area (Å²) in [6.45, 7) is 4.80. The van der Waals surface area contributed by atoms with Gasteiger partial charge in [-0.2, -0.15) is 0 Å². The Morgan fingerprint density at radius 1 is 1.08 bits per heavy atom. The molecule has 1 N–H and O–H groups in total. The molecule has 36 heavy (non-hydrogen) atoms. The number of hydrogen-bond acceptors (Lipinski definition) is 6. The van der Waals surface area contributed by atoms with Gasteiger partial charge >= 0.3 is 6.03 Å². The summed E-state index contributed by atoms with van der Waals surface area (Å²) in [5, 5.41) is 4.83. The van der Waals surface area contributed by atoms with E-state index in [0.29, 0.717) is 42.4 Å². The van der Waals surface area contributed by atoms with Crippen LogP contribution < -0.4 is 19.7 Å². The Morgan fingerprint density at radius 2 is 1.86 bits per heavy atom. The van der Waals surface area contributed by atoms with E-state index in [1.807, 2.05) is 25.3 Å². The predicted octanol–water partition coefficient (Wildman–Crippen LogP) is 4.87. The van der Waals surface area contributed by atoms with Crippen molar-refractivity contribution in [3.05, 3.63) is 70.4 Å². The van der Waals surface area contributed by atoms with Gasteiger partial charge in [0, 0.05) is 23.2 Å². The first-order valence-corrected chi connectivity index (χ1v) is 12.6. The van der Waals surface area contributed by atoms with E-state index in [2.05, 4.69) is 5.32 Å². The lowest BCUT2D eigenvalue weighted by molar-refractivity contribution is -0.124. The molecule has 0 bridgehead atoms. The van der Waals surface area contributed by atoms with Crippen LogP contribution in [0.3, 0.4) is 0 Å². The average molecular weight is 508 g/mol. The van der Waals surface area contributed by atoms with Crippen LogP contribution in [-0.4, -0.2) is 49.0 Å². The van der Waals surface area contributed by atoms with Crippen LogP contribution in [0.4, 0.5) is 16.2 Å². The number of rotatable bonds is 10. The summed E-state index contributed by atoms with van der Waals surface area (Å²) in [6.07, 6.45) is 0.452. The number of methoxy groups -OCH3 is 1. The van der Waals surface area contributed by atoms with Crippen LogP contribution in [-0.2, 0) is 16.0 Å². The lowest BCUT2D eigenvalue weighted by atomic mass is 10.1. The molecule has 0 unspecified atom stereocenters. The van der Waals surface area contributed by atoms with Gasteiger partial charge in [-0.3, -0.25) is 9.59 Å². The van der Waals surface area contributed by atoms with Crippen molar-refractivity contribution < 1.29 is 23.9 Å². The second-order valence-electron chi connectivity index (χ2n) is 8.35. The molecule has 1 saturated heterocycles. The maximum absolute atomic E-state index is 13.5. The van der Waals surface area contributed by atoms with E-state index in [9.17, 15) is 14.4 Å². The Hall–Kier alpha value is -3.85. The lowest BCUT2D eigenvalue weighted by Gasteiger charge is -2.21. The van der Waals surface area contributed by atoms with E-state index in [-0.39, 0.29) is 12.3 Å². The number of carbonyl (C=O) groups is 3. The Bertz CT molecular complexity index is 1240. The lowest BCUT2D eigenvalue weighted by Crippen LogP contribution is -2.39. The molecule has 1 atom stereocenters. The number of anilines is 2. The van der Waals surface area contributed by atoms with Crippen molar-refractivity contribution in [1.82, 2.24) is 4.90 Å². The molecule has 0 aliphatic carbocycles. The topological polar surface area (TPSA) is 88.2 Å². The third-order valence-corrected chi connectivity index (χ3v) is 7.09. The van der Waals surface area contributed by atoms with E-state index in [4.69, 9.17) is 9.47 Å². The predicted molar refractivity (Wildman–Crippen MR) is 140 cm³/mol. The fourth-order valence-corrected chi connectivity index (χ4v) is 5.05. The van der Waals surface area contributed by atoms with Crippen molar-refractivity contribution in [2.75, 3.05) is 30.5 Å². The largest absolute Gasteiger partial charge is 0.497 e. The Balaban J connectivity index is 1.54. The average Bonchev–Trinajstić information content (AvgIpc) is 3.38. The summed E-state index contributed by atoms with van der Waals surface area (Å²) >= 11 is 1.62. The van der Waals surface area contributed by atoms with Crippen molar-refractivity contribution >= 4 is 40.6 Å². The molecule has 0 spiro atoms. The van der Waals surface area contributed by atoms with Gasteiger partial charge in [-0.1, -0.05) is 6.07 Å². The van der Waals surface area contributed by atoms with E-state index in [1.54, 1.807) is 59.9 Å². The number of amides is 4. The number of nitrogens with one attached hydrogen (secondary N) is 1. The summed E-state index contributed by atoms with van der Waals surface area (Å²) in [5.74, 6) is 0.453. The summed E-state index contributed by atoms with van der Waals surface area (Å²) in [5.41, 5.74) is 2.15. The van der Waals surface area contributed by atoms with Gasteiger partial charge in [-0.15, -0.1) is 11.3 Å². The van der Waals surface area contributed by atoms with E-state index >= 15 is 0 Å². The van der Waals surface area contributed by atoms with Crippen LogP contribution in [0.25, 0.3) is 0 Å². The molecular formula is C27H29N3O5S. The highest BCUT2D eigenvalue weighted by Crippen LogP contribution is 2.30. The molecule has 1 fully saturated rings. The van der Waals surface area contributed by atoms with Gasteiger partial charge in [0.05, 0.1) is 25.8 Å². The van der Waals surface area contributed by atoms with Crippen molar-refractivity contribution in [2.24, 2.45) is 0 Å². The first-order chi connectivity index (χ1) is 17.4. The number of hydrogen-bond donors (Lipinski definition) is 1. The summed E-state index contributed by atoms with van der Waals surface area (Å²) in [7, 11) is 1.52. The summed E-state index contributed by atoms with van der Waals surface area (Å²) in [4.78, 5) is 43.7. The monoisotopic (exact) mass is 507 g/mol. The maximum Gasteiger partial charge on any atom is 0.332 e. The first-order valence-electron chi connectivity index (χ1n) is 11.8. The van der Waals surface area contributed by atoms with E-state index < -0.39 is 18.0 Å². The van der Waals surface area contributed by atoms with Crippen LogP contribution in [0.5, 0.6) is 11.5 Å². The molecule has 1 aromatic heterocycles. The fraction of sp³-hybridized carbons (Fsp3) is 0.296. The number of nitrogens with zero attached hydrogens (tertiary/aromatic N) is 2. The normalized spacial score (nSPS) is 15.4. The molecule has 2 heterocycles. The van der Waals surface area contributed by atoms with Crippen molar-refractivity contribution in [3.8, 4) is 11.5 Å². The summed E-state index contributed by atoms with van der Waals surface area (Å²) in [6, 6.07) is 14.5. The van der Waals surface area contributed by atoms with Crippen molar-refractivity contribution in [1.29, 1.82) is 0 Å². The van der Waals surface area contributed by atoms with Crippen LogP contribution in [0.2, 0.25) is 0 Å². The van der Waals surface area contributed by atoms with Gasteiger partial charge in [-0.25, -0.2) is 9.69 Å². The Kier molecular flexibility index (Phi) is 7.90. The Labute approximate surface area is 214 Å². The molecule has 4 rings (SSSR count). The number of carbonyl (C=O) groups excluding carboxylic acids is 3. The number of thiophene rings is 1. The molecule has 3 aromatic rings. The highest BCUT2D eigenvalue weighted by Gasteiger charge is 2.46. The quantitative estimate of drug-likeness (QED) is 0.396. The van der Waals surface area contributed by atoms with Gasteiger partial charge < -0.3 is 19.7 Å². The second-order valence-corrected chi connectivity index (χ2v) is 9.35. The van der Waals surface area contributed by atoms with Gasteiger partial charge in [0.1, 0.15) is 17.5 Å². The molecule has 8 nitrogen and oxygen atoms in total. The highest BCUT2D eigenvalue weighted by atomic mass is 32.1. The van der Waals surface area contributed by atoms with Crippen molar-refractivity contribution in [3.63, 3.8) is 0 Å². The minimum Gasteiger partial charge on any atom is -0.497 e. The smallest absolute Gasteiger partial charge is 0.332 e. The molecule has 9 heteroatoms. The minimum atomic E-state index is -0.910. The first kappa shape index (κ1) is 25.2. The third-order valence-electron chi connectivity index (χ3n) is 6.01. The molecule has 1 aliphatic heterocycles. The molecule has 0 radical (unpaired) electrons. The minimum absolute atomic E-state index is 0.151. The molecule has 1 aliphatic rings. The molecule has 2 aromatic carbocycles. The second kappa shape index (κ2) is 11.3.